The van der Waals surface area contributed by atoms with Gasteiger partial charge in [0.1, 0.15) is 11.2 Å². The van der Waals surface area contributed by atoms with Crippen molar-refractivity contribution in [3.63, 3.8) is 0 Å². The molecule has 0 saturated heterocycles. The van der Waals surface area contributed by atoms with E-state index in [2.05, 4.69) is 5.32 Å². The van der Waals surface area contributed by atoms with Crippen molar-refractivity contribution in [2.24, 2.45) is 0 Å². The number of amides is 1. The number of ketones is 1. The zero-order valence-corrected chi connectivity index (χ0v) is 17.4. The topological polar surface area (TPSA) is 81.3 Å². The summed E-state index contributed by atoms with van der Waals surface area (Å²) >= 11 is 2.68. The monoisotopic (exact) mass is 416 g/mol. The van der Waals surface area contributed by atoms with Crippen LogP contribution in [0.4, 0.5) is 0 Å². The molecule has 0 bridgehead atoms. The lowest BCUT2D eigenvalue weighted by molar-refractivity contribution is -0.123. The van der Waals surface area contributed by atoms with E-state index in [1.807, 2.05) is 38.3 Å². The number of carbonyl (C=O) groups excluding carboxylic acids is 2. The number of furan rings is 1. The summed E-state index contributed by atoms with van der Waals surface area (Å²) in [5, 5.41) is 4.76. The highest BCUT2D eigenvalue weighted by molar-refractivity contribution is 7.11. The smallest absolute Gasteiger partial charge is 0.269 e. The maximum Gasteiger partial charge on any atom is 0.269 e. The van der Waals surface area contributed by atoms with Gasteiger partial charge in [0.05, 0.1) is 10.8 Å². The Balaban J connectivity index is 2.07. The summed E-state index contributed by atoms with van der Waals surface area (Å²) < 4.78 is 7.32. The van der Waals surface area contributed by atoms with Gasteiger partial charge in [-0.2, -0.15) is 0 Å². The zero-order chi connectivity index (χ0) is 20.3. The molecule has 0 unspecified atom stereocenters. The van der Waals surface area contributed by atoms with Crippen molar-refractivity contribution in [1.82, 2.24) is 9.88 Å². The highest BCUT2D eigenvalue weighted by Crippen LogP contribution is 2.08. The van der Waals surface area contributed by atoms with Crippen molar-refractivity contribution in [3.8, 4) is 0 Å². The van der Waals surface area contributed by atoms with E-state index in [1.54, 1.807) is 18.2 Å². The van der Waals surface area contributed by atoms with Gasteiger partial charge in [-0.1, -0.05) is 6.07 Å². The molecule has 0 saturated carbocycles. The van der Waals surface area contributed by atoms with Crippen LogP contribution in [0.2, 0.25) is 0 Å². The van der Waals surface area contributed by atoms with E-state index >= 15 is 0 Å². The summed E-state index contributed by atoms with van der Waals surface area (Å²) in [6.45, 7) is 5.43. The molecule has 0 aliphatic rings. The second kappa shape index (κ2) is 8.12. The fraction of sp³-hybridized carbons (Fsp3) is 0.250. The van der Waals surface area contributed by atoms with Crippen LogP contribution in [-0.2, 0) is 11.3 Å². The van der Waals surface area contributed by atoms with Crippen LogP contribution < -0.4 is 20.1 Å². The number of nitrogens with one attached hydrogen (secondary N) is 1. The Morgan fingerprint density at radius 2 is 2.04 bits per heavy atom. The van der Waals surface area contributed by atoms with Gasteiger partial charge >= 0.3 is 0 Å². The van der Waals surface area contributed by atoms with Crippen LogP contribution in [0.25, 0.3) is 12.2 Å². The van der Waals surface area contributed by atoms with Crippen LogP contribution in [-0.4, -0.2) is 21.8 Å². The van der Waals surface area contributed by atoms with E-state index in [-0.39, 0.29) is 29.6 Å². The lowest BCUT2D eigenvalue weighted by atomic mass is 10.1. The van der Waals surface area contributed by atoms with E-state index < -0.39 is 5.54 Å². The van der Waals surface area contributed by atoms with Gasteiger partial charge in [-0.05, 0) is 50.4 Å². The van der Waals surface area contributed by atoms with Crippen molar-refractivity contribution in [2.75, 3.05) is 0 Å². The van der Waals surface area contributed by atoms with Crippen LogP contribution >= 0.6 is 22.7 Å². The molecule has 3 aromatic rings. The first-order chi connectivity index (χ1) is 13.2. The first-order valence-corrected chi connectivity index (χ1v) is 10.3. The summed E-state index contributed by atoms with van der Waals surface area (Å²) in [5.74, 6) is -0.482. The average Bonchev–Trinajstić information content (AvgIpc) is 3.33. The minimum absolute atomic E-state index is 0.165. The Bertz CT molecular complexity index is 1140. The third-order valence-corrected chi connectivity index (χ3v) is 5.47. The van der Waals surface area contributed by atoms with Crippen molar-refractivity contribution >= 4 is 46.5 Å². The predicted octanol–water partition coefficient (Wildman–Crippen LogP) is 1.97. The Morgan fingerprint density at radius 1 is 1.25 bits per heavy atom. The molecule has 0 radical (unpaired) electrons. The minimum Gasteiger partial charge on any atom is -0.461 e. The molecule has 0 fully saturated rings. The van der Waals surface area contributed by atoms with Gasteiger partial charge in [0.2, 0.25) is 11.7 Å². The lowest BCUT2D eigenvalue weighted by Gasteiger charge is -2.20. The van der Waals surface area contributed by atoms with Gasteiger partial charge in [0.25, 0.3) is 5.56 Å². The Labute approximate surface area is 169 Å². The largest absolute Gasteiger partial charge is 0.461 e. The molecule has 0 spiro atoms. The maximum absolute atomic E-state index is 12.9. The molecular weight excluding hydrogens is 396 g/mol. The second-order valence-corrected chi connectivity index (χ2v) is 9.18. The second-order valence-electron chi connectivity index (χ2n) is 7.14. The summed E-state index contributed by atoms with van der Waals surface area (Å²) in [7, 11) is 0. The normalized spacial score (nSPS) is 13.1. The SMILES string of the molecule is CC(C)(C)NC(=O)Cn1c(=O)/c(=C\c2cccs2)s/c1=C\C(=O)c1ccco1. The number of thiophene rings is 1. The molecule has 8 heteroatoms. The summed E-state index contributed by atoms with van der Waals surface area (Å²) in [6.07, 6.45) is 4.51. The van der Waals surface area contributed by atoms with E-state index in [0.717, 1.165) is 4.88 Å². The summed E-state index contributed by atoms with van der Waals surface area (Å²) in [4.78, 5) is 38.6. The van der Waals surface area contributed by atoms with Gasteiger partial charge in [0.15, 0.2) is 5.76 Å². The molecule has 28 heavy (non-hydrogen) atoms. The Kier molecular flexibility index (Phi) is 5.81. The number of aromatic nitrogens is 1. The van der Waals surface area contributed by atoms with E-state index in [0.29, 0.717) is 9.20 Å². The van der Waals surface area contributed by atoms with Crippen molar-refractivity contribution in [1.29, 1.82) is 0 Å². The number of rotatable bonds is 5. The predicted molar refractivity (Wildman–Crippen MR) is 111 cm³/mol. The van der Waals surface area contributed by atoms with Crippen LogP contribution in [0.15, 0.2) is 45.1 Å². The molecule has 0 aromatic carbocycles. The Hall–Kier alpha value is -2.71. The van der Waals surface area contributed by atoms with Crippen LogP contribution in [0, 0.1) is 0 Å². The molecule has 1 N–H and O–H groups in total. The number of thiazole rings is 1. The molecule has 0 aliphatic carbocycles. The molecule has 6 nitrogen and oxygen atoms in total. The fourth-order valence-corrected chi connectivity index (χ4v) is 4.26. The highest BCUT2D eigenvalue weighted by Gasteiger charge is 2.17. The first kappa shape index (κ1) is 20.0. The van der Waals surface area contributed by atoms with Gasteiger partial charge < -0.3 is 9.73 Å². The van der Waals surface area contributed by atoms with Crippen molar-refractivity contribution in [2.45, 2.75) is 32.9 Å². The third kappa shape index (κ3) is 4.96. The van der Waals surface area contributed by atoms with Gasteiger partial charge in [-0.25, -0.2) is 0 Å². The zero-order valence-electron chi connectivity index (χ0n) is 15.7. The summed E-state index contributed by atoms with van der Waals surface area (Å²) in [5.41, 5.74) is -0.725. The highest BCUT2D eigenvalue weighted by atomic mass is 32.1. The number of hydrogen-bond donors (Lipinski definition) is 1. The minimum atomic E-state index is -0.420. The van der Waals surface area contributed by atoms with E-state index in [9.17, 15) is 14.4 Å². The molecular formula is C20H20N2O4S2. The maximum atomic E-state index is 12.9. The molecule has 3 aromatic heterocycles. The number of nitrogens with zero attached hydrogens (tertiary/aromatic N) is 1. The van der Waals surface area contributed by atoms with Crippen LogP contribution in [0.3, 0.4) is 0 Å². The molecule has 1 amide bonds. The molecule has 0 aliphatic heterocycles. The quantitative estimate of drug-likeness (QED) is 0.645. The lowest BCUT2D eigenvalue weighted by Crippen LogP contribution is -2.45. The Morgan fingerprint density at radius 3 is 2.64 bits per heavy atom. The van der Waals surface area contributed by atoms with Crippen LogP contribution in [0.1, 0.15) is 36.2 Å². The number of hydrogen-bond acceptors (Lipinski definition) is 6. The third-order valence-electron chi connectivity index (χ3n) is 3.59. The van der Waals surface area contributed by atoms with Gasteiger partial charge in [0, 0.05) is 16.5 Å². The van der Waals surface area contributed by atoms with Crippen molar-refractivity contribution in [3.05, 3.63) is 66.1 Å². The molecule has 3 rings (SSSR count). The molecule has 3 heterocycles. The number of carbonyl (C=O) groups is 2. The summed E-state index contributed by atoms with van der Waals surface area (Å²) in [6, 6.07) is 6.97. The first-order valence-electron chi connectivity index (χ1n) is 8.58. The van der Waals surface area contributed by atoms with E-state index in [1.165, 1.54) is 39.6 Å². The van der Waals surface area contributed by atoms with Gasteiger partial charge in [-0.15, -0.1) is 22.7 Å². The molecule has 146 valence electrons. The average molecular weight is 417 g/mol. The van der Waals surface area contributed by atoms with Crippen molar-refractivity contribution < 1.29 is 14.0 Å². The fourth-order valence-electron chi connectivity index (χ4n) is 2.50. The van der Waals surface area contributed by atoms with Gasteiger partial charge in [-0.3, -0.25) is 19.0 Å². The van der Waals surface area contributed by atoms with Crippen LogP contribution in [0.5, 0.6) is 0 Å². The standard InChI is InChI=1S/C20H20N2O4S2/c1-20(2,3)21-17(24)12-22-18(11-14(23)15-7-4-8-26-15)28-16(19(22)25)10-13-6-5-9-27-13/h4-11H,12H2,1-3H3,(H,21,24)/b16-10+,18-11-. The number of Topliss-reactive ketones (excluding diaryl/α,β-unsaturated/α-hetero) is 1. The van der Waals surface area contributed by atoms with E-state index in [4.69, 9.17) is 4.42 Å². The molecule has 0 atom stereocenters.